The molecule has 5 nitrogen and oxygen atoms in total. The highest BCUT2D eigenvalue weighted by Gasteiger charge is 2.21. The van der Waals surface area contributed by atoms with E-state index in [2.05, 4.69) is 17.6 Å². The minimum atomic E-state index is -0.452. The molecule has 0 bridgehead atoms. The summed E-state index contributed by atoms with van der Waals surface area (Å²) in [6.07, 6.45) is 5.07. The fourth-order valence-corrected chi connectivity index (χ4v) is 2.49. The normalized spacial score (nSPS) is 25.1. The van der Waals surface area contributed by atoms with Crippen molar-refractivity contribution in [3.8, 4) is 0 Å². The molecule has 3 atom stereocenters. The molecule has 4 N–H and O–H groups in total. The van der Waals surface area contributed by atoms with Gasteiger partial charge in [0.05, 0.1) is 0 Å². The molecule has 0 spiro atoms. The van der Waals surface area contributed by atoms with Gasteiger partial charge in [0.15, 0.2) is 0 Å². The third-order valence-electron chi connectivity index (χ3n) is 3.58. The zero-order chi connectivity index (χ0) is 15.2. The van der Waals surface area contributed by atoms with Gasteiger partial charge in [-0.1, -0.05) is 13.3 Å². The first kappa shape index (κ1) is 17.2. The molecule has 20 heavy (non-hydrogen) atoms. The van der Waals surface area contributed by atoms with Gasteiger partial charge in [0.2, 0.25) is 0 Å². The number of nitrogens with one attached hydrogen (secondary N) is 2. The predicted octanol–water partition coefficient (Wildman–Crippen LogP) is 2.15. The standard InChI is InChI=1S/C15H31N3O2/c1-5-12(18-14(19)20-15(2,3)4)10-17-13-8-6-7-11(16)9-13/h11-13,17H,5-10,16H2,1-4H3,(H,18,19). The molecule has 0 heterocycles. The van der Waals surface area contributed by atoms with Gasteiger partial charge in [-0.2, -0.15) is 0 Å². The van der Waals surface area contributed by atoms with Crippen molar-refractivity contribution in [3.05, 3.63) is 0 Å². The van der Waals surface area contributed by atoms with E-state index in [0.29, 0.717) is 12.1 Å². The van der Waals surface area contributed by atoms with E-state index in [1.165, 1.54) is 12.8 Å². The van der Waals surface area contributed by atoms with Gasteiger partial charge in [-0.15, -0.1) is 0 Å². The second-order valence-electron chi connectivity index (χ2n) is 6.78. The molecule has 0 aliphatic heterocycles. The zero-order valence-corrected chi connectivity index (χ0v) is 13.4. The minimum Gasteiger partial charge on any atom is -0.444 e. The van der Waals surface area contributed by atoms with Gasteiger partial charge >= 0.3 is 6.09 Å². The number of amides is 1. The lowest BCUT2D eigenvalue weighted by Gasteiger charge is -2.29. The Morgan fingerprint density at radius 3 is 2.65 bits per heavy atom. The van der Waals surface area contributed by atoms with Gasteiger partial charge in [0.25, 0.3) is 0 Å². The largest absolute Gasteiger partial charge is 0.444 e. The molecule has 5 heteroatoms. The molecule has 1 aliphatic carbocycles. The van der Waals surface area contributed by atoms with E-state index in [4.69, 9.17) is 10.5 Å². The predicted molar refractivity (Wildman–Crippen MR) is 81.7 cm³/mol. The van der Waals surface area contributed by atoms with Crippen LogP contribution in [0.25, 0.3) is 0 Å². The van der Waals surface area contributed by atoms with Crippen molar-refractivity contribution in [2.24, 2.45) is 5.73 Å². The first-order valence-corrected chi connectivity index (χ1v) is 7.78. The number of carbonyl (C=O) groups is 1. The molecule has 1 rings (SSSR count). The van der Waals surface area contributed by atoms with Crippen molar-refractivity contribution in [1.82, 2.24) is 10.6 Å². The summed E-state index contributed by atoms with van der Waals surface area (Å²) in [6, 6.07) is 0.899. The summed E-state index contributed by atoms with van der Waals surface area (Å²) in [5.74, 6) is 0. The number of carbonyl (C=O) groups excluding carboxylic acids is 1. The van der Waals surface area contributed by atoms with E-state index in [-0.39, 0.29) is 12.1 Å². The zero-order valence-electron chi connectivity index (χ0n) is 13.4. The van der Waals surface area contributed by atoms with Crippen LogP contribution in [0.5, 0.6) is 0 Å². The molecular formula is C15H31N3O2. The lowest BCUT2D eigenvalue weighted by atomic mass is 9.91. The first-order chi connectivity index (χ1) is 9.30. The Labute approximate surface area is 123 Å². The highest BCUT2D eigenvalue weighted by atomic mass is 16.6. The van der Waals surface area contributed by atoms with Crippen molar-refractivity contribution in [2.45, 2.75) is 83.5 Å². The molecule has 1 amide bonds. The van der Waals surface area contributed by atoms with Gasteiger partial charge in [-0.3, -0.25) is 0 Å². The van der Waals surface area contributed by atoms with Crippen LogP contribution in [0, 0.1) is 0 Å². The molecule has 0 radical (unpaired) electrons. The summed E-state index contributed by atoms with van der Waals surface area (Å²) in [5.41, 5.74) is 5.53. The summed E-state index contributed by atoms with van der Waals surface area (Å²) in [5, 5.41) is 6.44. The molecule has 1 fully saturated rings. The SMILES string of the molecule is CCC(CNC1CCCC(N)C1)NC(=O)OC(C)(C)C. The number of nitrogens with two attached hydrogens (primary N) is 1. The van der Waals surface area contributed by atoms with Gasteiger partial charge in [0, 0.05) is 24.7 Å². The Kier molecular flexibility index (Phi) is 6.76. The van der Waals surface area contributed by atoms with Crippen molar-refractivity contribution in [2.75, 3.05) is 6.54 Å². The Morgan fingerprint density at radius 1 is 1.40 bits per heavy atom. The quantitative estimate of drug-likeness (QED) is 0.723. The molecular weight excluding hydrogens is 254 g/mol. The minimum absolute atomic E-state index is 0.100. The van der Waals surface area contributed by atoms with Crippen molar-refractivity contribution < 1.29 is 9.53 Å². The molecule has 1 aliphatic rings. The summed E-state index contributed by atoms with van der Waals surface area (Å²) >= 11 is 0. The number of alkyl carbamates (subject to hydrolysis) is 1. The average molecular weight is 285 g/mol. The van der Waals surface area contributed by atoms with E-state index < -0.39 is 5.60 Å². The molecule has 0 saturated heterocycles. The summed E-state index contributed by atoms with van der Waals surface area (Å²) in [4.78, 5) is 11.8. The van der Waals surface area contributed by atoms with Crippen LogP contribution < -0.4 is 16.4 Å². The van der Waals surface area contributed by atoms with E-state index in [0.717, 1.165) is 25.8 Å². The lowest BCUT2D eigenvalue weighted by Crippen LogP contribution is -2.48. The first-order valence-electron chi connectivity index (χ1n) is 7.78. The van der Waals surface area contributed by atoms with Crippen molar-refractivity contribution >= 4 is 6.09 Å². The van der Waals surface area contributed by atoms with Crippen LogP contribution in [0.2, 0.25) is 0 Å². The van der Waals surface area contributed by atoms with Crippen LogP contribution in [0.3, 0.4) is 0 Å². The van der Waals surface area contributed by atoms with Crippen molar-refractivity contribution in [3.63, 3.8) is 0 Å². The Hall–Kier alpha value is -0.810. The molecule has 0 aromatic heterocycles. The maximum atomic E-state index is 11.8. The van der Waals surface area contributed by atoms with Gasteiger partial charge in [0.1, 0.15) is 5.60 Å². The molecule has 1 saturated carbocycles. The van der Waals surface area contributed by atoms with Gasteiger partial charge in [-0.05, 0) is 46.5 Å². The third-order valence-corrected chi connectivity index (χ3v) is 3.58. The number of ether oxygens (including phenoxy) is 1. The summed E-state index contributed by atoms with van der Waals surface area (Å²) in [6.45, 7) is 8.45. The number of rotatable bonds is 5. The highest BCUT2D eigenvalue weighted by Crippen LogP contribution is 2.16. The van der Waals surface area contributed by atoms with E-state index in [1.807, 2.05) is 20.8 Å². The number of hydrogen-bond acceptors (Lipinski definition) is 4. The second kappa shape index (κ2) is 7.84. The maximum absolute atomic E-state index is 11.8. The Morgan fingerprint density at radius 2 is 2.10 bits per heavy atom. The van der Waals surface area contributed by atoms with Crippen LogP contribution in [0.15, 0.2) is 0 Å². The van der Waals surface area contributed by atoms with Crippen LogP contribution >= 0.6 is 0 Å². The smallest absolute Gasteiger partial charge is 0.407 e. The lowest BCUT2D eigenvalue weighted by molar-refractivity contribution is 0.0501. The molecule has 3 unspecified atom stereocenters. The number of hydrogen-bond donors (Lipinski definition) is 3. The van der Waals surface area contributed by atoms with Crippen LogP contribution in [0.4, 0.5) is 4.79 Å². The Bertz CT molecular complexity index is 302. The van der Waals surface area contributed by atoms with Crippen LogP contribution in [-0.2, 0) is 4.74 Å². The Balaban J connectivity index is 2.30. The maximum Gasteiger partial charge on any atom is 0.407 e. The van der Waals surface area contributed by atoms with Crippen LogP contribution in [-0.4, -0.2) is 36.4 Å². The van der Waals surface area contributed by atoms with Gasteiger partial charge in [-0.25, -0.2) is 4.79 Å². The van der Waals surface area contributed by atoms with E-state index >= 15 is 0 Å². The third kappa shape index (κ3) is 7.10. The van der Waals surface area contributed by atoms with E-state index in [1.54, 1.807) is 0 Å². The molecule has 0 aromatic rings. The van der Waals surface area contributed by atoms with Crippen LogP contribution in [0.1, 0.15) is 59.8 Å². The summed E-state index contributed by atoms with van der Waals surface area (Å²) < 4.78 is 5.28. The highest BCUT2D eigenvalue weighted by molar-refractivity contribution is 5.68. The molecule has 0 aromatic carbocycles. The molecule has 118 valence electrons. The monoisotopic (exact) mass is 285 g/mol. The average Bonchev–Trinajstić information content (AvgIpc) is 2.32. The van der Waals surface area contributed by atoms with Gasteiger partial charge < -0.3 is 21.1 Å². The second-order valence-corrected chi connectivity index (χ2v) is 6.78. The van der Waals surface area contributed by atoms with E-state index in [9.17, 15) is 4.79 Å². The topological polar surface area (TPSA) is 76.4 Å². The summed E-state index contributed by atoms with van der Waals surface area (Å²) in [7, 11) is 0. The van der Waals surface area contributed by atoms with Crippen molar-refractivity contribution in [1.29, 1.82) is 0 Å². The fraction of sp³-hybridized carbons (Fsp3) is 0.933. The fourth-order valence-electron chi connectivity index (χ4n) is 2.49.